The molecule has 2 rings (SSSR count). The van der Waals surface area contributed by atoms with Gasteiger partial charge in [0.05, 0.1) is 11.4 Å². The van der Waals surface area contributed by atoms with E-state index in [0.29, 0.717) is 11.5 Å². The number of aromatic nitrogens is 2. The quantitative estimate of drug-likeness (QED) is 0.892. The molecule has 0 aliphatic heterocycles. The van der Waals surface area contributed by atoms with Crippen LogP contribution in [0.1, 0.15) is 51.4 Å². The molecule has 0 radical (unpaired) electrons. The van der Waals surface area contributed by atoms with Crippen LogP contribution in [0.5, 0.6) is 0 Å². The van der Waals surface area contributed by atoms with Gasteiger partial charge in [-0.15, -0.1) is 0 Å². The average molecular weight is 247 g/mol. The lowest BCUT2D eigenvalue weighted by molar-refractivity contribution is 0.148. The molecule has 1 aliphatic carbocycles. The predicted molar refractivity (Wildman–Crippen MR) is 74.2 cm³/mol. The molecule has 0 amide bonds. The lowest BCUT2D eigenvalue weighted by atomic mass is 9.70. The van der Waals surface area contributed by atoms with E-state index >= 15 is 0 Å². The van der Waals surface area contributed by atoms with E-state index in [1.165, 1.54) is 19.3 Å². The Hall–Kier alpha value is -0.960. The second-order valence-electron chi connectivity index (χ2n) is 6.52. The molecule has 100 valence electrons. The third-order valence-electron chi connectivity index (χ3n) is 4.07. The highest BCUT2D eigenvalue weighted by atomic mass is 14.9. The maximum Gasteiger partial charge on any atom is 0.0724 e. The van der Waals surface area contributed by atoms with Crippen molar-refractivity contribution < 1.29 is 0 Å². The average Bonchev–Trinajstić information content (AvgIpc) is 2.29. The van der Waals surface area contributed by atoms with Crippen molar-refractivity contribution in [3.63, 3.8) is 0 Å². The first-order chi connectivity index (χ1) is 8.46. The van der Waals surface area contributed by atoms with Gasteiger partial charge in [0, 0.05) is 25.0 Å². The van der Waals surface area contributed by atoms with Crippen molar-refractivity contribution in [3.05, 3.63) is 23.8 Å². The first-order valence-electron chi connectivity index (χ1n) is 6.97. The standard InChI is InChI=1S/C15H25N3/c1-11-7-15(3,4)6-5-14(11)18-10-13-9-16-12(2)8-17-13/h8-9,11,14,18H,5-7,10H2,1-4H3. The van der Waals surface area contributed by atoms with Crippen LogP contribution >= 0.6 is 0 Å². The number of nitrogens with one attached hydrogen (secondary N) is 1. The van der Waals surface area contributed by atoms with Gasteiger partial charge in [-0.1, -0.05) is 20.8 Å². The molecule has 1 N–H and O–H groups in total. The Morgan fingerprint density at radius 2 is 2.11 bits per heavy atom. The number of nitrogens with zero attached hydrogens (tertiary/aromatic N) is 2. The Morgan fingerprint density at radius 1 is 1.33 bits per heavy atom. The normalized spacial score (nSPS) is 27.1. The van der Waals surface area contributed by atoms with Crippen molar-refractivity contribution in [1.29, 1.82) is 0 Å². The van der Waals surface area contributed by atoms with E-state index in [9.17, 15) is 0 Å². The molecule has 0 saturated heterocycles. The summed E-state index contributed by atoms with van der Waals surface area (Å²) in [7, 11) is 0. The van der Waals surface area contributed by atoms with Crippen LogP contribution in [-0.2, 0) is 6.54 Å². The van der Waals surface area contributed by atoms with E-state index in [2.05, 4.69) is 36.1 Å². The summed E-state index contributed by atoms with van der Waals surface area (Å²) in [6.45, 7) is 9.92. The zero-order valence-corrected chi connectivity index (χ0v) is 12.0. The van der Waals surface area contributed by atoms with Crippen molar-refractivity contribution in [2.45, 2.75) is 59.5 Å². The van der Waals surface area contributed by atoms with Gasteiger partial charge in [-0.25, -0.2) is 0 Å². The van der Waals surface area contributed by atoms with E-state index in [1.54, 1.807) is 0 Å². The Balaban J connectivity index is 1.85. The summed E-state index contributed by atoms with van der Waals surface area (Å²) in [5, 5.41) is 3.64. The van der Waals surface area contributed by atoms with Crippen molar-refractivity contribution >= 4 is 0 Å². The summed E-state index contributed by atoms with van der Waals surface area (Å²) in [6.07, 6.45) is 7.61. The maximum atomic E-state index is 4.39. The van der Waals surface area contributed by atoms with E-state index in [1.807, 2.05) is 19.3 Å². The highest BCUT2D eigenvalue weighted by molar-refractivity contribution is 5.01. The molecular weight excluding hydrogens is 222 g/mol. The molecule has 0 spiro atoms. The van der Waals surface area contributed by atoms with Crippen molar-refractivity contribution in [1.82, 2.24) is 15.3 Å². The Morgan fingerprint density at radius 3 is 2.72 bits per heavy atom. The summed E-state index contributed by atoms with van der Waals surface area (Å²) in [5.41, 5.74) is 2.53. The van der Waals surface area contributed by atoms with E-state index in [4.69, 9.17) is 0 Å². The SMILES string of the molecule is Cc1cnc(CNC2CCC(C)(C)CC2C)cn1. The van der Waals surface area contributed by atoms with Gasteiger partial charge in [0.2, 0.25) is 0 Å². The van der Waals surface area contributed by atoms with E-state index in [0.717, 1.165) is 23.9 Å². The lowest BCUT2D eigenvalue weighted by Crippen LogP contribution is -2.41. The largest absolute Gasteiger partial charge is 0.308 e. The minimum absolute atomic E-state index is 0.515. The van der Waals surface area contributed by atoms with Crippen molar-refractivity contribution in [3.8, 4) is 0 Å². The zero-order chi connectivity index (χ0) is 13.2. The van der Waals surface area contributed by atoms with E-state index < -0.39 is 0 Å². The smallest absolute Gasteiger partial charge is 0.0724 e. The first kappa shape index (κ1) is 13.5. The molecule has 3 nitrogen and oxygen atoms in total. The van der Waals surface area contributed by atoms with Gasteiger partial charge in [0.25, 0.3) is 0 Å². The van der Waals surface area contributed by atoms with Gasteiger partial charge in [-0.2, -0.15) is 0 Å². The van der Waals surface area contributed by atoms with Crippen LogP contribution < -0.4 is 5.32 Å². The zero-order valence-electron chi connectivity index (χ0n) is 12.0. The van der Waals surface area contributed by atoms with Crippen molar-refractivity contribution in [2.75, 3.05) is 0 Å². The number of aryl methyl sites for hydroxylation is 1. The molecule has 0 bridgehead atoms. The fourth-order valence-corrected chi connectivity index (χ4v) is 3.00. The van der Waals surface area contributed by atoms with Crippen LogP contribution in [-0.4, -0.2) is 16.0 Å². The third-order valence-corrected chi connectivity index (χ3v) is 4.07. The molecule has 1 fully saturated rings. The molecule has 1 aliphatic rings. The van der Waals surface area contributed by atoms with Gasteiger partial charge in [-0.3, -0.25) is 9.97 Å². The van der Waals surface area contributed by atoms with Gasteiger partial charge in [-0.05, 0) is 37.5 Å². The minimum atomic E-state index is 0.515. The topological polar surface area (TPSA) is 37.8 Å². The summed E-state index contributed by atoms with van der Waals surface area (Å²) < 4.78 is 0. The molecule has 2 atom stereocenters. The van der Waals surface area contributed by atoms with Crippen molar-refractivity contribution in [2.24, 2.45) is 11.3 Å². The summed E-state index contributed by atoms with van der Waals surface area (Å²) in [5.74, 6) is 0.743. The van der Waals surface area contributed by atoms with Crippen LogP contribution in [0.4, 0.5) is 0 Å². The Labute approximate surface area is 110 Å². The number of rotatable bonds is 3. The summed E-state index contributed by atoms with van der Waals surface area (Å²) in [6, 6.07) is 0.626. The first-order valence-corrected chi connectivity index (χ1v) is 6.97. The van der Waals surface area contributed by atoms with Gasteiger partial charge in [0.1, 0.15) is 0 Å². The van der Waals surface area contributed by atoms with Crippen LogP contribution in [0.2, 0.25) is 0 Å². The third kappa shape index (κ3) is 3.52. The Kier molecular flexibility index (Phi) is 4.00. The summed E-state index contributed by atoms with van der Waals surface area (Å²) >= 11 is 0. The van der Waals surface area contributed by atoms with Crippen LogP contribution in [0.15, 0.2) is 12.4 Å². The fourth-order valence-electron chi connectivity index (χ4n) is 3.00. The molecule has 1 saturated carbocycles. The summed E-state index contributed by atoms with van der Waals surface area (Å²) in [4.78, 5) is 8.67. The lowest BCUT2D eigenvalue weighted by Gasteiger charge is -2.39. The molecule has 18 heavy (non-hydrogen) atoms. The molecule has 3 heteroatoms. The van der Waals surface area contributed by atoms with Crippen LogP contribution in [0.3, 0.4) is 0 Å². The highest BCUT2D eigenvalue weighted by Crippen LogP contribution is 2.38. The molecule has 0 aromatic carbocycles. The fraction of sp³-hybridized carbons (Fsp3) is 0.733. The molecule has 2 unspecified atom stereocenters. The number of hydrogen-bond donors (Lipinski definition) is 1. The monoisotopic (exact) mass is 247 g/mol. The van der Waals surface area contributed by atoms with Crippen LogP contribution in [0.25, 0.3) is 0 Å². The molecule has 1 aromatic heterocycles. The predicted octanol–water partition coefficient (Wildman–Crippen LogP) is 3.09. The molecular formula is C15H25N3. The number of hydrogen-bond acceptors (Lipinski definition) is 3. The molecule has 1 aromatic rings. The van der Waals surface area contributed by atoms with Crippen LogP contribution in [0, 0.1) is 18.3 Å². The second kappa shape index (κ2) is 5.35. The molecule has 1 heterocycles. The Bertz CT molecular complexity index is 383. The second-order valence-corrected chi connectivity index (χ2v) is 6.52. The minimum Gasteiger partial charge on any atom is -0.308 e. The van der Waals surface area contributed by atoms with E-state index in [-0.39, 0.29) is 0 Å². The van der Waals surface area contributed by atoms with Gasteiger partial charge in [0.15, 0.2) is 0 Å². The highest BCUT2D eigenvalue weighted by Gasteiger charge is 2.31. The van der Waals surface area contributed by atoms with Gasteiger partial charge < -0.3 is 5.32 Å². The van der Waals surface area contributed by atoms with Gasteiger partial charge >= 0.3 is 0 Å². The maximum absolute atomic E-state index is 4.39.